The zero-order valence-corrected chi connectivity index (χ0v) is 12.0. The number of hydrogen-bond acceptors (Lipinski definition) is 2. The molecule has 1 saturated carbocycles. The molecular formula is C17H23NO2. The van der Waals surface area contributed by atoms with Gasteiger partial charge >= 0.3 is 0 Å². The predicted octanol–water partition coefficient (Wildman–Crippen LogP) is 2.86. The Bertz CT molecular complexity index is 480. The van der Waals surface area contributed by atoms with Crippen LogP contribution in [0.4, 0.5) is 0 Å². The molecule has 1 aromatic carbocycles. The van der Waals surface area contributed by atoms with Crippen molar-refractivity contribution < 1.29 is 9.53 Å². The van der Waals surface area contributed by atoms with E-state index in [1.807, 2.05) is 0 Å². The molecule has 0 aliphatic heterocycles. The Balaban J connectivity index is 1.47. The fraction of sp³-hybridized carbons (Fsp3) is 0.588. The van der Waals surface area contributed by atoms with Crippen LogP contribution in [0.15, 0.2) is 18.2 Å². The first-order valence-corrected chi connectivity index (χ1v) is 7.86. The van der Waals surface area contributed by atoms with Gasteiger partial charge in [-0.15, -0.1) is 0 Å². The van der Waals surface area contributed by atoms with Gasteiger partial charge in [-0.3, -0.25) is 4.79 Å². The monoisotopic (exact) mass is 273 g/mol. The molecule has 3 nitrogen and oxygen atoms in total. The minimum atomic E-state index is 0.204. The third-order valence-electron chi connectivity index (χ3n) is 4.49. The molecule has 0 aromatic heterocycles. The Morgan fingerprint density at radius 1 is 1.20 bits per heavy atom. The molecule has 0 saturated heterocycles. The van der Waals surface area contributed by atoms with Crippen LogP contribution in [0.2, 0.25) is 0 Å². The number of fused-ring (bicyclic) bond motifs is 1. The largest absolute Gasteiger partial charge is 0.491 e. The normalized spacial score (nSPS) is 18.0. The van der Waals surface area contributed by atoms with Gasteiger partial charge in [0.05, 0.1) is 6.54 Å². The molecule has 2 aliphatic rings. The van der Waals surface area contributed by atoms with Crippen LogP contribution in [0.1, 0.15) is 43.2 Å². The second-order valence-corrected chi connectivity index (χ2v) is 5.87. The maximum atomic E-state index is 11.7. The number of aryl methyl sites for hydroxylation is 1. The highest BCUT2D eigenvalue weighted by atomic mass is 16.5. The van der Waals surface area contributed by atoms with Gasteiger partial charge in [-0.05, 0) is 55.7 Å². The highest BCUT2D eigenvalue weighted by Crippen LogP contribution is 2.29. The summed E-state index contributed by atoms with van der Waals surface area (Å²) in [5, 5.41) is 2.97. The van der Waals surface area contributed by atoms with Crippen LogP contribution >= 0.6 is 0 Å². The van der Waals surface area contributed by atoms with E-state index >= 15 is 0 Å². The first kappa shape index (κ1) is 13.5. The number of hydrogen-bond donors (Lipinski definition) is 1. The average Bonchev–Trinajstić information content (AvgIpc) is 2.42. The van der Waals surface area contributed by atoms with Crippen molar-refractivity contribution in [3.63, 3.8) is 0 Å². The predicted molar refractivity (Wildman–Crippen MR) is 78.9 cm³/mol. The van der Waals surface area contributed by atoms with Crippen molar-refractivity contribution in [2.75, 3.05) is 13.2 Å². The zero-order chi connectivity index (χ0) is 13.8. The summed E-state index contributed by atoms with van der Waals surface area (Å²) >= 11 is 0. The van der Waals surface area contributed by atoms with Gasteiger partial charge in [0.2, 0.25) is 5.91 Å². The van der Waals surface area contributed by atoms with E-state index in [4.69, 9.17) is 4.74 Å². The van der Waals surface area contributed by atoms with E-state index in [-0.39, 0.29) is 11.8 Å². The molecule has 1 N–H and O–H groups in total. The van der Waals surface area contributed by atoms with E-state index < -0.39 is 0 Å². The van der Waals surface area contributed by atoms with Crippen LogP contribution in [-0.2, 0) is 17.6 Å². The smallest absolute Gasteiger partial charge is 0.223 e. The van der Waals surface area contributed by atoms with Gasteiger partial charge in [-0.2, -0.15) is 0 Å². The molecule has 1 aromatic rings. The summed E-state index contributed by atoms with van der Waals surface area (Å²) in [6, 6.07) is 6.34. The van der Waals surface area contributed by atoms with E-state index in [1.165, 1.54) is 36.8 Å². The molecule has 20 heavy (non-hydrogen) atoms. The van der Waals surface area contributed by atoms with Crippen molar-refractivity contribution in [2.45, 2.75) is 44.9 Å². The molecule has 2 aliphatic carbocycles. The summed E-state index contributed by atoms with van der Waals surface area (Å²) in [5.41, 5.74) is 2.82. The summed E-state index contributed by atoms with van der Waals surface area (Å²) in [4.78, 5) is 11.7. The molecule has 1 amide bonds. The Hall–Kier alpha value is -1.51. The number of benzene rings is 1. The van der Waals surface area contributed by atoms with E-state index in [1.54, 1.807) is 0 Å². The van der Waals surface area contributed by atoms with Crippen molar-refractivity contribution in [3.8, 4) is 5.75 Å². The van der Waals surface area contributed by atoms with E-state index in [0.717, 1.165) is 25.0 Å². The van der Waals surface area contributed by atoms with Crippen LogP contribution in [0.5, 0.6) is 5.75 Å². The second kappa shape index (κ2) is 6.29. The Labute approximate surface area is 120 Å². The van der Waals surface area contributed by atoms with Gasteiger partial charge < -0.3 is 10.1 Å². The molecule has 108 valence electrons. The van der Waals surface area contributed by atoms with Crippen molar-refractivity contribution >= 4 is 5.91 Å². The first-order chi connectivity index (χ1) is 9.84. The topological polar surface area (TPSA) is 38.3 Å². The fourth-order valence-electron chi connectivity index (χ4n) is 3.03. The summed E-state index contributed by atoms with van der Waals surface area (Å²) in [6.45, 7) is 1.17. The molecule has 0 unspecified atom stereocenters. The number of carbonyl (C=O) groups excluding carboxylic acids is 1. The SMILES string of the molecule is O=C(NCCOc1cccc2c1CCCC2)C1CCC1. The van der Waals surface area contributed by atoms with E-state index in [2.05, 4.69) is 23.5 Å². The van der Waals surface area contributed by atoms with Gasteiger partial charge in [-0.25, -0.2) is 0 Å². The average molecular weight is 273 g/mol. The summed E-state index contributed by atoms with van der Waals surface area (Å²) in [5.74, 6) is 1.48. The number of ether oxygens (including phenoxy) is 1. The molecule has 0 bridgehead atoms. The quantitative estimate of drug-likeness (QED) is 0.838. The van der Waals surface area contributed by atoms with Crippen LogP contribution in [0.25, 0.3) is 0 Å². The number of rotatable bonds is 5. The molecule has 0 radical (unpaired) electrons. The van der Waals surface area contributed by atoms with Gasteiger partial charge in [0.25, 0.3) is 0 Å². The molecule has 3 rings (SSSR count). The number of nitrogens with one attached hydrogen (secondary N) is 1. The molecule has 0 spiro atoms. The highest BCUT2D eigenvalue weighted by Gasteiger charge is 2.24. The summed E-state index contributed by atoms with van der Waals surface area (Å²) in [6.07, 6.45) is 8.15. The van der Waals surface area contributed by atoms with Crippen LogP contribution in [0, 0.1) is 5.92 Å². The summed E-state index contributed by atoms with van der Waals surface area (Å²) < 4.78 is 5.87. The zero-order valence-electron chi connectivity index (χ0n) is 12.0. The maximum Gasteiger partial charge on any atom is 0.223 e. The van der Waals surface area contributed by atoms with E-state index in [0.29, 0.717) is 13.2 Å². The first-order valence-electron chi connectivity index (χ1n) is 7.86. The highest BCUT2D eigenvalue weighted by molar-refractivity contribution is 5.79. The second-order valence-electron chi connectivity index (χ2n) is 5.87. The van der Waals surface area contributed by atoms with Crippen molar-refractivity contribution in [1.82, 2.24) is 5.32 Å². The summed E-state index contributed by atoms with van der Waals surface area (Å²) in [7, 11) is 0. The molecular weight excluding hydrogens is 250 g/mol. The van der Waals surface area contributed by atoms with Gasteiger partial charge in [0, 0.05) is 5.92 Å². The lowest BCUT2D eigenvalue weighted by atomic mass is 9.85. The van der Waals surface area contributed by atoms with Gasteiger partial charge in [-0.1, -0.05) is 18.6 Å². The minimum absolute atomic E-state index is 0.204. The fourth-order valence-corrected chi connectivity index (χ4v) is 3.03. The number of carbonyl (C=O) groups is 1. The van der Waals surface area contributed by atoms with Crippen molar-refractivity contribution in [3.05, 3.63) is 29.3 Å². The molecule has 1 fully saturated rings. The van der Waals surface area contributed by atoms with E-state index in [9.17, 15) is 4.79 Å². The Morgan fingerprint density at radius 2 is 2.05 bits per heavy atom. The number of amides is 1. The minimum Gasteiger partial charge on any atom is -0.491 e. The van der Waals surface area contributed by atoms with Crippen molar-refractivity contribution in [1.29, 1.82) is 0 Å². The van der Waals surface area contributed by atoms with Crippen LogP contribution in [-0.4, -0.2) is 19.1 Å². The van der Waals surface area contributed by atoms with Crippen LogP contribution < -0.4 is 10.1 Å². The maximum absolute atomic E-state index is 11.7. The lowest BCUT2D eigenvalue weighted by Gasteiger charge is -2.24. The third kappa shape index (κ3) is 2.97. The Kier molecular flexibility index (Phi) is 4.24. The van der Waals surface area contributed by atoms with Crippen molar-refractivity contribution in [2.24, 2.45) is 5.92 Å². The van der Waals surface area contributed by atoms with Gasteiger partial charge in [0.15, 0.2) is 0 Å². The molecule has 0 atom stereocenters. The van der Waals surface area contributed by atoms with Crippen LogP contribution in [0.3, 0.4) is 0 Å². The standard InChI is InChI=1S/C17H23NO2/c19-17(14-7-3-8-14)18-11-12-20-16-10-4-6-13-5-1-2-9-15(13)16/h4,6,10,14H,1-3,5,7-9,11-12H2,(H,18,19). The lowest BCUT2D eigenvalue weighted by Crippen LogP contribution is -2.36. The Morgan fingerprint density at radius 3 is 2.85 bits per heavy atom. The van der Waals surface area contributed by atoms with Gasteiger partial charge in [0.1, 0.15) is 12.4 Å². The lowest BCUT2D eigenvalue weighted by molar-refractivity contribution is -0.127. The third-order valence-corrected chi connectivity index (χ3v) is 4.49. The molecule has 0 heterocycles. The molecule has 3 heteroatoms.